The van der Waals surface area contributed by atoms with Gasteiger partial charge in [-0.05, 0) is 42.8 Å². The monoisotopic (exact) mass is 356 g/mol. The van der Waals surface area contributed by atoms with E-state index in [-0.39, 0.29) is 17.2 Å². The lowest BCUT2D eigenvalue weighted by Gasteiger charge is -2.08. The zero-order valence-corrected chi connectivity index (χ0v) is 14.6. The zero-order chi connectivity index (χ0) is 17.8. The number of benzene rings is 2. The average Bonchev–Trinajstić information content (AvgIpc) is 2.63. The molecule has 128 valence electrons. The van der Waals surface area contributed by atoms with Crippen LogP contribution in [0.3, 0.4) is 0 Å². The molecule has 6 heteroatoms. The van der Waals surface area contributed by atoms with Gasteiger partial charge in [-0.3, -0.25) is 14.2 Å². The van der Waals surface area contributed by atoms with Crippen LogP contribution >= 0.6 is 11.8 Å². The Kier molecular flexibility index (Phi) is 5.28. The molecule has 0 radical (unpaired) electrons. The van der Waals surface area contributed by atoms with Gasteiger partial charge >= 0.3 is 0 Å². The Bertz CT molecular complexity index is 967. The first-order chi connectivity index (χ1) is 12.1. The van der Waals surface area contributed by atoms with Crippen LogP contribution in [0.15, 0.2) is 58.5 Å². The Balaban J connectivity index is 1.61. The van der Waals surface area contributed by atoms with Crippen molar-refractivity contribution in [1.29, 1.82) is 0 Å². The van der Waals surface area contributed by atoms with E-state index in [0.717, 1.165) is 0 Å². The summed E-state index contributed by atoms with van der Waals surface area (Å²) in [6.07, 6.45) is 1.03. The molecule has 2 aromatic carbocycles. The molecule has 1 heterocycles. The van der Waals surface area contributed by atoms with Crippen LogP contribution in [0.25, 0.3) is 10.9 Å². The van der Waals surface area contributed by atoms with E-state index in [0.29, 0.717) is 40.2 Å². The number of para-hydroxylation sites is 1. The van der Waals surface area contributed by atoms with E-state index in [1.54, 1.807) is 13.1 Å². The van der Waals surface area contributed by atoms with Gasteiger partial charge in [-0.15, -0.1) is 0 Å². The first-order valence-electron chi connectivity index (χ1n) is 7.93. The SMILES string of the molecule is Cn1c(SCCCC(=O)c2ccc(F)cc2)nc2ccccc2c1=O. The molecule has 0 amide bonds. The van der Waals surface area contributed by atoms with Gasteiger partial charge in [0.1, 0.15) is 5.82 Å². The Morgan fingerprint density at radius 1 is 1.16 bits per heavy atom. The van der Waals surface area contributed by atoms with Crippen molar-refractivity contribution in [3.8, 4) is 0 Å². The van der Waals surface area contributed by atoms with Crippen molar-refractivity contribution in [3.63, 3.8) is 0 Å². The summed E-state index contributed by atoms with van der Waals surface area (Å²) in [7, 11) is 1.70. The highest BCUT2D eigenvalue weighted by atomic mass is 32.2. The van der Waals surface area contributed by atoms with Crippen LogP contribution in [-0.2, 0) is 7.05 Å². The average molecular weight is 356 g/mol. The summed E-state index contributed by atoms with van der Waals surface area (Å²) in [6, 6.07) is 12.8. The third kappa shape index (κ3) is 3.96. The number of carbonyl (C=O) groups excluding carboxylic acids is 1. The number of halogens is 1. The molecular weight excluding hydrogens is 339 g/mol. The maximum atomic E-state index is 12.9. The van der Waals surface area contributed by atoms with Crippen LogP contribution in [0.5, 0.6) is 0 Å². The summed E-state index contributed by atoms with van der Waals surface area (Å²) in [6.45, 7) is 0. The molecule has 0 aliphatic heterocycles. The largest absolute Gasteiger partial charge is 0.294 e. The molecule has 0 fully saturated rings. The van der Waals surface area contributed by atoms with Gasteiger partial charge in [0, 0.05) is 24.8 Å². The third-order valence-corrected chi connectivity index (χ3v) is 5.00. The van der Waals surface area contributed by atoms with Crippen molar-refractivity contribution in [2.24, 2.45) is 7.05 Å². The minimum atomic E-state index is -0.351. The lowest BCUT2D eigenvalue weighted by molar-refractivity contribution is 0.0982. The molecule has 0 aliphatic carbocycles. The van der Waals surface area contributed by atoms with E-state index >= 15 is 0 Å². The first kappa shape index (κ1) is 17.4. The number of fused-ring (bicyclic) bond motifs is 1. The van der Waals surface area contributed by atoms with Crippen molar-refractivity contribution in [2.75, 3.05) is 5.75 Å². The summed E-state index contributed by atoms with van der Waals surface area (Å²) in [5.74, 6) is 0.308. The summed E-state index contributed by atoms with van der Waals surface area (Å²) in [5, 5.41) is 1.23. The highest BCUT2D eigenvalue weighted by molar-refractivity contribution is 7.99. The standard InChI is InChI=1S/C19H17FN2O2S/c1-22-18(24)15-5-2-3-6-16(15)21-19(22)25-12-4-7-17(23)13-8-10-14(20)11-9-13/h2-3,5-6,8-11H,4,7,12H2,1H3. The number of nitrogens with zero attached hydrogens (tertiary/aromatic N) is 2. The molecule has 0 unspecified atom stereocenters. The van der Waals surface area contributed by atoms with Crippen LogP contribution in [0.1, 0.15) is 23.2 Å². The summed E-state index contributed by atoms with van der Waals surface area (Å²) >= 11 is 1.46. The van der Waals surface area contributed by atoms with Gasteiger partial charge in [0.2, 0.25) is 0 Å². The maximum absolute atomic E-state index is 12.9. The number of rotatable bonds is 6. The van der Waals surface area contributed by atoms with Crippen molar-refractivity contribution >= 4 is 28.4 Å². The lowest BCUT2D eigenvalue weighted by atomic mass is 10.1. The zero-order valence-electron chi connectivity index (χ0n) is 13.7. The Labute approximate surface area is 148 Å². The molecule has 3 rings (SSSR count). The van der Waals surface area contributed by atoms with Gasteiger partial charge in [0.15, 0.2) is 10.9 Å². The van der Waals surface area contributed by atoms with Gasteiger partial charge in [0.05, 0.1) is 10.9 Å². The minimum Gasteiger partial charge on any atom is -0.294 e. The third-order valence-electron chi connectivity index (χ3n) is 3.89. The Morgan fingerprint density at radius 3 is 2.64 bits per heavy atom. The highest BCUT2D eigenvalue weighted by Gasteiger charge is 2.09. The molecule has 0 bridgehead atoms. The lowest BCUT2D eigenvalue weighted by Crippen LogP contribution is -2.20. The van der Waals surface area contributed by atoms with Crippen LogP contribution in [0.4, 0.5) is 4.39 Å². The molecule has 3 aromatic rings. The molecule has 0 spiro atoms. The van der Waals surface area contributed by atoms with E-state index in [9.17, 15) is 14.0 Å². The quantitative estimate of drug-likeness (QED) is 0.292. The van der Waals surface area contributed by atoms with Gasteiger partial charge in [-0.25, -0.2) is 9.37 Å². The van der Waals surface area contributed by atoms with Crippen molar-refractivity contribution in [1.82, 2.24) is 9.55 Å². The summed E-state index contributed by atoms with van der Waals surface area (Å²) in [4.78, 5) is 28.9. The molecule has 0 aliphatic rings. The van der Waals surface area contributed by atoms with Crippen LogP contribution in [0, 0.1) is 5.82 Å². The Morgan fingerprint density at radius 2 is 1.88 bits per heavy atom. The Hall–Kier alpha value is -2.47. The predicted molar refractivity (Wildman–Crippen MR) is 97.7 cm³/mol. The second-order valence-electron chi connectivity index (χ2n) is 5.66. The topological polar surface area (TPSA) is 52.0 Å². The first-order valence-corrected chi connectivity index (χ1v) is 8.92. The second-order valence-corrected chi connectivity index (χ2v) is 6.72. The molecule has 0 atom stereocenters. The minimum absolute atomic E-state index is 0.0130. The van der Waals surface area contributed by atoms with Crippen molar-refractivity contribution < 1.29 is 9.18 Å². The maximum Gasteiger partial charge on any atom is 0.261 e. The highest BCUT2D eigenvalue weighted by Crippen LogP contribution is 2.19. The number of hydrogen-bond acceptors (Lipinski definition) is 4. The molecule has 1 aromatic heterocycles. The fraction of sp³-hybridized carbons (Fsp3) is 0.211. The molecule has 25 heavy (non-hydrogen) atoms. The normalized spacial score (nSPS) is 11.0. The number of Topliss-reactive ketones (excluding diaryl/α,β-unsaturated/α-hetero) is 1. The fourth-order valence-corrected chi connectivity index (χ4v) is 3.41. The molecule has 0 saturated carbocycles. The van der Waals surface area contributed by atoms with Crippen LogP contribution in [0.2, 0.25) is 0 Å². The predicted octanol–water partition coefficient (Wildman–Crippen LogP) is 3.83. The van der Waals surface area contributed by atoms with Gasteiger partial charge in [0.25, 0.3) is 5.56 Å². The number of ketones is 1. The van der Waals surface area contributed by atoms with Gasteiger partial charge in [-0.2, -0.15) is 0 Å². The van der Waals surface area contributed by atoms with E-state index in [2.05, 4.69) is 4.98 Å². The summed E-state index contributed by atoms with van der Waals surface area (Å²) < 4.78 is 14.4. The number of aromatic nitrogens is 2. The molecule has 0 saturated heterocycles. The van der Waals surface area contributed by atoms with Crippen LogP contribution in [-0.4, -0.2) is 21.1 Å². The molecular formula is C19H17FN2O2S. The van der Waals surface area contributed by atoms with Crippen molar-refractivity contribution in [2.45, 2.75) is 18.0 Å². The van der Waals surface area contributed by atoms with Gasteiger partial charge in [-0.1, -0.05) is 23.9 Å². The van der Waals surface area contributed by atoms with E-state index in [1.807, 2.05) is 18.2 Å². The van der Waals surface area contributed by atoms with E-state index in [1.165, 1.54) is 40.6 Å². The second kappa shape index (κ2) is 7.61. The van der Waals surface area contributed by atoms with E-state index in [4.69, 9.17) is 0 Å². The molecule has 4 nitrogen and oxygen atoms in total. The molecule has 0 N–H and O–H groups in total. The smallest absolute Gasteiger partial charge is 0.261 e. The number of hydrogen-bond donors (Lipinski definition) is 0. The van der Waals surface area contributed by atoms with Crippen LogP contribution < -0.4 is 5.56 Å². The van der Waals surface area contributed by atoms with E-state index < -0.39 is 0 Å². The van der Waals surface area contributed by atoms with Gasteiger partial charge < -0.3 is 0 Å². The fourth-order valence-electron chi connectivity index (χ4n) is 2.50. The number of carbonyl (C=O) groups is 1. The summed E-state index contributed by atoms with van der Waals surface area (Å²) in [5.41, 5.74) is 1.12. The number of thioether (sulfide) groups is 1. The van der Waals surface area contributed by atoms with Crippen molar-refractivity contribution in [3.05, 3.63) is 70.3 Å².